The lowest BCUT2D eigenvalue weighted by Crippen LogP contribution is -2.55. The zero-order valence-electron chi connectivity index (χ0n) is 15.6. The number of methoxy groups -OCH3 is 1. The van der Waals surface area contributed by atoms with Crippen LogP contribution < -0.4 is 5.48 Å². The number of carbonyl (C=O) groups excluding carboxylic acids is 2. The molecule has 1 amide bonds. The van der Waals surface area contributed by atoms with E-state index in [-0.39, 0.29) is 17.0 Å². The Hall–Kier alpha value is -1.97. The maximum atomic E-state index is 13.1. The molecule has 146 valence electrons. The van der Waals surface area contributed by atoms with Crippen LogP contribution >= 0.6 is 0 Å². The predicted octanol–water partition coefficient (Wildman–Crippen LogP) is 1.79. The molecular formula is C17H26N2O6S. The summed E-state index contributed by atoms with van der Waals surface area (Å²) in [6, 6.07) is 4.17. The quantitative estimate of drug-likeness (QED) is 0.420. The molecule has 2 N–H and O–H groups in total. The second-order valence-electron chi connectivity index (χ2n) is 6.88. The SMILES string of the molecule is CCCN([C@@H](C(=O)NO)C(C)(C)C)S(=O)(=O)c1ccc(C(=O)OC)cc1. The fourth-order valence-corrected chi connectivity index (χ4v) is 4.51. The molecule has 9 heteroatoms. The second-order valence-corrected chi connectivity index (χ2v) is 8.77. The molecule has 0 aliphatic rings. The summed E-state index contributed by atoms with van der Waals surface area (Å²) in [7, 11) is -2.81. The van der Waals surface area contributed by atoms with Crippen molar-refractivity contribution in [3.05, 3.63) is 29.8 Å². The number of hydrogen-bond donors (Lipinski definition) is 2. The third kappa shape index (κ3) is 4.80. The highest BCUT2D eigenvalue weighted by Gasteiger charge is 2.42. The highest BCUT2D eigenvalue weighted by atomic mass is 32.2. The van der Waals surface area contributed by atoms with Crippen LogP contribution in [0.15, 0.2) is 29.2 Å². The summed E-state index contributed by atoms with van der Waals surface area (Å²) in [5, 5.41) is 9.07. The van der Waals surface area contributed by atoms with Crippen LogP contribution in [0, 0.1) is 5.41 Å². The first-order valence-electron chi connectivity index (χ1n) is 8.14. The van der Waals surface area contributed by atoms with Gasteiger partial charge in [0, 0.05) is 6.54 Å². The van der Waals surface area contributed by atoms with Gasteiger partial charge < -0.3 is 4.74 Å². The molecule has 1 atom stereocenters. The van der Waals surface area contributed by atoms with Crippen LogP contribution in [0.2, 0.25) is 0 Å². The molecule has 0 saturated heterocycles. The van der Waals surface area contributed by atoms with Crippen LogP contribution in [0.3, 0.4) is 0 Å². The number of benzene rings is 1. The topological polar surface area (TPSA) is 113 Å². The van der Waals surface area contributed by atoms with Crippen molar-refractivity contribution in [3.63, 3.8) is 0 Å². The first-order chi connectivity index (χ1) is 12.0. The number of ether oxygens (including phenoxy) is 1. The van der Waals surface area contributed by atoms with Crippen LogP contribution in [0.4, 0.5) is 0 Å². The van der Waals surface area contributed by atoms with Gasteiger partial charge in [0.2, 0.25) is 10.0 Å². The van der Waals surface area contributed by atoms with Crippen LogP contribution in [0.25, 0.3) is 0 Å². The van der Waals surface area contributed by atoms with Gasteiger partial charge in [-0.2, -0.15) is 4.31 Å². The van der Waals surface area contributed by atoms with Crippen LogP contribution in [-0.4, -0.2) is 49.5 Å². The smallest absolute Gasteiger partial charge is 0.337 e. The van der Waals surface area contributed by atoms with E-state index in [0.717, 1.165) is 4.31 Å². The first kappa shape index (κ1) is 22.1. The summed E-state index contributed by atoms with van der Waals surface area (Å²) in [6.45, 7) is 7.03. The molecule has 0 aliphatic heterocycles. The minimum atomic E-state index is -4.04. The van der Waals surface area contributed by atoms with Crippen LogP contribution in [0.5, 0.6) is 0 Å². The van der Waals surface area contributed by atoms with Crippen molar-refractivity contribution in [1.82, 2.24) is 9.79 Å². The molecule has 26 heavy (non-hydrogen) atoms. The molecule has 1 rings (SSSR count). The van der Waals surface area contributed by atoms with E-state index in [1.807, 2.05) is 0 Å². The third-order valence-electron chi connectivity index (χ3n) is 3.79. The second kappa shape index (κ2) is 8.61. The van der Waals surface area contributed by atoms with E-state index >= 15 is 0 Å². The van der Waals surface area contributed by atoms with Crippen molar-refractivity contribution < 1.29 is 28.0 Å². The normalized spacial score (nSPS) is 13.3. The number of sulfonamides is 1. The van der Waals surface area contributed by atoms with Gasteiger partial charge in [-0.25, -0.2) is 18.7 Å². The molecule has 0 heterocycles. The highest BCUT2D eigenvalue weighted by molar-refractivity contribution is 7.89. The Morgan fingerprint density at radius 2 is 1.77 bits per heavy atom. The van der Waals surface area contributed by atoms with Gasteiger partial charge in [-0.15, -0.1) is 0 Å². The van der Waals surface area contributed by atoms with Gasteiger partial charge in [0.1, 0.15) is 6.04 Å². The molecule has 0 aromatic heterocycles. The molecule has 0 radical (unpaired) electrons. The standard InChI is InChI=1S/C17H26N2O6S/c1-6-11-19(14(15(20)18-22)17(2,3)4)26(23,24)13-9-7-12(8-10-13)16(21)25-5/h7-10,14,22H,6,11H2,1-5H3,(H,18,20)/t14-/m0/s1. The lowest BCUT2D eigenvalue weighted by Gasteiger charge is -2.37. The Balaban J connectivity index is 3.41. The van der Waals surface area contributed by atoms with Gasteiger partial charge in [0.05, 0.1) is 17.6 Å². The summed E-state index contributed by atoms with van der Waals surface area (Å²) < 4.78 is 31.9. The van der Waals surface area contributed by atoms with Crippen LogP contribution in [0.1, 0.15) is 44.5 Å². The van der Waals surface area contributed by atoms with Crippen molar-refractivity contribution in [2.75, 3.05) is 13.7 Å². The van der Waals surface area contributed by atoms with Gasteiger partial charge in [0.15, 0.2) is 0 Å². The predicted molar refractivity (Wildman–Crippen MR) is 95.1 cm³/mol. The van der Waals surface area contributed by atoms with Gasteiger partial charge in [0.25, 0.3) is 5.91 Å². The van der Waals surface area contributed by atoms with Crippen molar-refractivity contribution in [1.29, 1.82) is 0 Å². The Morgan fingerprint density at radius 1 is 1.23 bits per heavy atom. The Morgan fingerprint density at radius 3 is 2.15 bits per heavy atom. The van der Waals surface area contributed by atoms with Gasteiger partial charge in [-0.1, -0.05) is 27.7 Å². The van der Waals surface area contributed by atoms with E-state index in [2.05, 4.69) is 4.74 Å². The minimum Gasteiger partial charge on any atom is -0.465 e. The summed E-state index contributed by atoms with van der Waals surface area (Å²) in [6.07, 6.45) is 0.477. The molecule has 8 nitrogen and oxygen atoms in total. The molecule has 1 aromatic rings. The summed E-state index contributed by atoms with van der Waals surface area (Å²) >= 11 is 0. The number of nitrogens with zero attached hydrogens (tertiary/aromatic N) is 1. The van der Waals surface area contributed by atoms with Crippen molar-refractivity contribution in [3.8, 4) is 0 Å². The van der Waals surface area contributed by atoms with Crippen molar-refractivity contribution in [2.24, 2.45) is 5.41 Å². The zero-order chi connectivity index (χ0) is 20.1. The number of hydrogen-bond acceptors (Lipinski definition) is 6. The fraction of sp³-hybridized carbons (Fsp3) is 0.529. The maximum Gasteiger partial charge on any atom is 0.337 e. The molecule has 1 aromatic carbocycles. The Labute approximate surface area is 154 Å². The molecule has 0 unspecified atom stereocenters. The van der Waals surface area contributed by atoms with E-state index in [9.17, 15) is 18.0 Å². The number of nitrogens with one attached hydrogen (secondary N) is 1. The van der Waals surface area contributed by atoms with E-state index in [4.69, 9.17) is 5.21 Å². The summed E-state index contributed by atoms with van der Waals surface area (Å²) in [4.78, 5) is 23.7. The average Bonchev–Trinajstić information content (AvgIpc) is 2.59. The number of esters is 1. The van der Waals surface area contributed by atoms with E-state index in [0.29, 0.717) is 6.42 Å². The molecule has 0 fully saturated rings. The van der Waals surface area contributed by atoms with Gasteiger partial charge in [-0.05, 0) is 36.1 Å². The minimum absolute atomic E-state index is 0.0569. The first-order valence-corrected chi connectivity index (χ1v) is 9.58. The maximum absolute atomic E-state index is 13.1. The lowest BCUT2D eigenvalue weighted by molar-refractivity contribution is -0.136. The Bertz CT molecular complexity index is 738. The lowest BCUT2D eigenvalue weighted by atomic mass is 9.86. The third-order valence-corrected chi connectivity index (χ3v) is 5.67. The average molecular weight is 386 g/mol. The molecular weight excluding hydrogens is 360 g/mol. The molecule has 0 bridgehead atoms. The van der Waals surface area contributed by atoms with Gasteiger partial charge >= 0.3 is 5.97 Å². The van der Waals surface area contributed by atoms with Crippen molar-refractivity contribution >= 4 is 21.9 Å². The number of hydroxylamine groups is 1. The zero-order valence-corrected chi connectivity index (χ0v) is 16.5. The molecule has 0 spiro atoms. The van der Waals surface area contributed by atoms with E-state index < -0.39 is 33.4 Å². The van der Waals surface area contributed by atoms with Crippen LogP contribution in [-0.2, 0) is 19.6 Å². The molecule has 0 aliphatic carbocycles. The highest BCUT2D eigenvalue weighted by Crippen LogP contribution is 2.30. The monoisotopic (exact) mass is 386 g/mol. The van der Waals surface area contributed by atoms with E-state index in [1.54, 1.807) is 33.2 Å². The number of carbonyl (C=O) groups is 2. The number of rotatable bonds is 7. The van der Waals surface area contributed by atoms with Crippen molar-refractivity contribution in [2.45, 2.75) is 45.1 Å². The fourth-order valence-electron chi connectivity index (χ4n) is 2.64. The summed E-state index contributed by atoms with van der Waals surface area (Å²) in [5.41, 5.74) is 1.01. The summed E-state index contributed by atoms with van der Waals surface area (Å²) in [5.74, 6) is -1.38. The van der Waals surface area contributed by atoms with E-state index in [1.165, 1.54) is 31.4 Å². The number of amides is 1. The van der Waals surface area contributed by atoms with Gasteiger partial charge in [-0.3, -0.25) is 10.0 Å². The molecule has 0 saturated carbocycles. The largest absolute Gasteiger partial charge is 0.465 e. The Kier molecular flexibility index (Phi) is 7.31.